The minimum absolute atomic E-state index is 0.404. The SMILES string of the molecule is Cc1ccc2c(c1)N(C)C(=O)C(C)(C(=O)Nc1ccc3ccccc3c1)O2. The number of nitrogens with one attached hydrogen (secondary N) is 1. The zero-order chi connectivity index (χ0) is 19.2. The first-order valence-electron chi connectivity index (χ1n) is 8.76. The van der Waals surface area contributed by atoms with Gasteiger partial charge in [0.15, 0.2) is 0 Å². The van der Waals surface area contributed by atoms with Crippen molar-refractivity contribution in [3.63, 3.8) is 0 Å². The number of ether oxygens (including phenoxy) is 1. The van der Waals surface area contributed by atoms with Crippen molar-refractivity contribution in [1.29, 1.82) is 0 Å². The van der Waals surface area contributed by atoms with Crippen molar-refractivity contribution in [2.45, 2.75) is 19.4 Å². The molecule has 0 saturated carbocycles. The quantitative estimate of drug-likeness (QED) is 0.705. The standard InChI is InChI=1S/C22H20N2O3/c1-14-8-11-19-18(12-14)24(3)21(26)22(2,27-19)20(25)23-17-10-9-15-6-4-5-7-16(15)13-17/h4-13H,1-3H3,(H,23,25). The Hall–Kier alpha value is -3.34. The van der Waals surface area contributed by atoms with Crippen LogP contribution in [0.3, 0.4) is 0 Å². The van der Waals surface area contributed by atoms with Gasteiger partial charge in [0.1, 0.15) is 5.75 Å². The first-order chi connectivity index (χ1) is 12.9. The van der Waals surface area contributed by atoms with Crippen LogP contribution in [0.5, 0.6) is 5.75 Å². The second-order valence-electron chi connectivity index (χ2n) is 6.99. The summed E-state index contributed by atoms with van der Waals surface area (Å²) in [5.74, 6) is -0.390. The van der Waals surface area contributed by atoms with Crippen LogP contribution in [0.25, 0.3) is 10.8 Å². The number of carbonyl (C=O) groups is 2. The van der Waals surface area contributed by atoms with Crippen LogP contribution in [-0.4, -0.2) is 24.5 Å². The monoisotopic (exact) mass is 360 g/mol. The number of hydrogen-bond donors (Lipinski definition) is 1. The molecule has 2 amide bonds. The highest BCUT2D eigenvalue weighted by molar-refractivity contribution is 6.19. The molecule has 5 heteroatoms. The molecular formula is C22H20N2O3. The maximum Gasteiger partial charge on any atom is 0.280 e. The Morgan fingerprint density at radius 2 is 1.78 bits per heavy atom. The van der Waals surface area contributed by atoms with Crippen molar-refractivity contribution in [3.05, 3.63) is 66.2 Å². The summed E-state index contributed by atoms with van der Waals surface area (Å²) in [6.45, 7) is 3.45. The molecule has 1 unspecified atom stereocenters. The van der Waals surface area contributed by atoms with Gasteiger partial charge in [-0.25, -0.2) is 0 Å². The maximum absolute atomic E-state index is 13.0. The van der Waals surface area contributed by atoms with Gasteiger partial charge in [-0.2, -0.15) is 0 Å². The van der Waals surface area contributed by atoms with Crippen molar-refractivity contribution in [3.8, 4) is 5.75 Å². The zero-order valence-corrected chi connectivity index (χ0v) is 15.4. The van der Waals surface area contributed by atoms with E-state index in [0.29, 0.717) is 17.1 Å². The molecule has 0 spiro atoms. The number of rotatable bonds is 2. The topological polar surface area (TPSA) is 58.6 Å². The third-order valence-corrected chi connectivity index (χ3v) is 4.94. The molecule has 1 aliphatic heterocycles. The molecular weight excluding hydrogens is 340 g/mol. The molecule has 1 heterocycles. The minimum atomic E-state index is -1.64. The molecule has 136 valence electrons. The molecule has 5 nitrogen and oxygen atoms in total. The van der Waals surface area contributed by atoms with E-state index in [4.69, 9.17) is 4.74 Å². The molecule has 0 aromatic heterocycles. The Bertz CT molecular complexity index is 1080. The van der Waals surface area contributed by atoms with E-state index in [1.54, 1.807) is 13.1 Å². The molecule has 0 aliphatic carbocycles. The molecule has 1 aliphatic rings. The zero-order valence-electron chi connectivity index (χ0n) is 15.4. The Morgan fingerprint density at radius 3 is 2.56 bits per heavy atom. The largest absolute Gasteiger partial charge is 0.465 e. The minimum Gasteiger partial charge on any atom is -0.465 e. The molecule has 0 saturated heterocycles. The fourth-order valence-electron chi connectivity index (χ4n) is 3.33. The van der Waals surface area contributed by atoms with Gasteiger partial charge in [0.05, 0.1) is 5.69 Å². The average Bonchev–Trinajstić information content (AvgIpc) is 2.67. The molecule has 4 rings (SSSR count). The highest BCUT2D eigenvalue weighted by atomic mass is 16.5. The highest BCUT2D eigenvalue weighted by Crippen LogP contribution is 2.38. The summed E-state index contributed by atoms with van der Waals surface area (Å²) in [6, 6.07) is 19.1. The molecule has 0 radical (unpaired) electrons. The number of nitrogens with zero attached hydrogens (tertiary/aromatic N) is 1. The van der Waals surface area contributed by atoms with Gasteiger partial charge in [-0.1, -0.05) is 36.4 Å². The van der Waals surface area contributed by atoms with Gasteiger partial charge in [0.2, 0.25) is 0 Å². The van der Waals surface area contributed by atoms with E-state index in [-0.39, 0.29) is 0 Å². The van der Waals surface area contributed by atoms with Gasteiger partial charge < -0.3 is 15.0 Å². The van der Waals surface area contributed by atoms with Crippen LogP contribution in [-0.2, 0) is 9.59 Å². The lowest BCUT2D eigenvalue weighted by Gasteiger charge is -2.38. The van der Waals surface area contributed by atoms with Crippen LogP contribution in [0.1, 0.15) is 12.5 Å². The van der Waals surface area contributed by atoms with Gasteiger partial charge >= 0.3 is 0 Å². The smallest absolute Gasteiger partial charge is 0.280 e. The van der Waals surface area contributed by atoms with Crippen LogP contribution < -0.4 is 15.0 Å². The van der Waals surface area contributed by atoms with Crippen molar-refractivity contribution in [2.75, 3.05) is 17.3 Å². The third kappa shape index (κ3) is 2.81. The summed E-state index contributed by atoms with van der Waals surface area (Å²) in [6.07, 6.45) is 0. The van der Waals surface area contributed by atoms with Crippen molar-refractivity contribution < 1.29 is 14.3 Å². The fourth-order valence-corrected chi connectivity index (χ4v) is 3.33. The lowest BCUT2D eigenvalue weighted by Crippen LogP contribution is -2.59. The molecule has 0 bridgehead atoms. The Labute approximate surface area is 157 Å². The number of fused-ring (bicyclic) bond motifs is 2. The van der Waals surface area contributed by atoms with Crippen LogP contribution in [0.2, 0.25) is 0 Å². The number of aryl methyl sites for hydroxylation is 1. The first kappa shape index (κ1) is 17.1. The predicted octanol–water partition coefficient (Wildman–Crippen LogP) is 3.90. The highest BCUT2D eigenvalue weighted by Gasteiger charge is 2.49. The van der Waals surface area contributed by atoms with Crippen LogP contribution >= 0.6 is 0 Å². The summed E-state index contributed by atoms with van der Waals surface area (Å²) in [4.78, 5) is 27.4. The third-order valence-electron chi connectivity index (χ3n) is 4.94. The second kappa shape index (κ2) is 6.13. The van der Waals surface area contributed by atoms with Gasteiger partial charge in [-0.15, -0.1) is 0 Å². The van der Waals surface area contributed by atoms with Crippen molar-refractivity contribution in [2.24, 2.45) is 0 Å². The fraction of sp³-hybridized carbons (Fsp3) is 0.182. The first-order valence-corrected chi connectivity index (χ1v) is 8.76. The number of likely N-dealkylation sites (N-methyl/N-ethyl adjacent to an activating group) is 1. The van der Waals surface area contributed by atoms with Crippen LogP contribution in [0, 0.1) is 6.92 Å². The van der Waals surface area contributed by atoms with Gasteiger partial charge in [0, 0.05) is 12.7 Å². The molecule has 1 atom stereocenters. The molecule has 1 N–H and O–H groups in total. The Kier molecular flexibility index (Phi) is 3.88. The summed E-state index contributed by atoms with van der Waals surface area (Å²) in [5.41, 5.74) is 0.661. The second-order valence-corrected chi connectivity index (χ2v) is 6.99. The van der Waals surface area contributed by atoms with E-state index in [0.717, 1.165) is 16.3 Å². The van der Waals surface area contributed by atoms with Gasteiger partial charge in [-0.05, 0) is 54.4 Å². The Morgan fingerprint density at radius 1 is 1.04 bits per heavy atom. The summed E-state index contributed by atoms with van der Waals surface area (Å²) in [5, 5.41) is 4.91. The average molecular weight is 360 g/mol. The lowest BCUT2D eigenvalue weighted by molar-refractivity contribution is -0.144. The van der Waals surface area contributed by atoms with Crippen molar-refractivity contribution in [1.82, 2.24) is 0 Å². The van der Waals surface area contributed by atoms with Crippen molar-refractivity contribution >= 4 is 34.0 Å². The number of amides is 2. The maximum atomic E-state index is 13.0. The van der Waals surface area contributed by atoms with E-state index in [1.165, 1.54) is 11.8 Å². The number of anilines is 2. The number of hydrogen-bond acceptors (Lipinski definition) is 3. The van der Waals surface area contributed by atoms with E-state index in [9.17, 15) is 9.59 Å². The van der Waals surface area contributed by atoms with Gasteiger partial charge in [0.25, 0.3) is 17.4 Å². The summed E-state index contributed by atoms with van der Waals surface area (Å²) in [7, 11) is 1.66. The number of carbonyl (C=O) groups excluding carboxylic acids is 2. The van der Waals surface area contributed by atoms with E-state index >= 15 is 0 Å². The summed E-state index contributed by atoms with van der Waals surface area (Å²) >= 11 is 0. The number of benzene rings is 3. The summed E-state index contributed by atoms with van der Waals surface area (Å²) < 4.78 is 5.88. The normalized spacial score (nSPS) is 18.8. The molecule has 3 aromatic rings. The Balaban J connectivity index is 1.65. The predicted molar refractivity (Wildman–Crippen MR) is 106 cm³/mol. The van der Waals surface area contributed by atoms with Crippen LogP contribution in [0.4, 0.5) is 11.4 Å². The molecule has 0 fully saturated rings. The molecule has 3 aromatic carbocycles. The van der Waals surface area contributed by atoms with E-state index in [1.807, 2.05) is 61.5 Å². The van der Waals surface area contributed by atoms with Gasteiger partial charge in [-0.3, -0.25) is 9.59 Å². The van der Waals surface area contributed by atoms with E-state index < -0.39 is 17.4 Å². The van der Waals surface area contributed by atoms with Crippen LogP contribution in [0.15, 0.2) is 60.7 Å². The van der Waals surface area contributed by atoms with E-state index in [2.05, 4.69) is 5.32 Å². The lowest BCUT2D eigenvalue weighted by atomic mass is 9.99. The molecule has 27 heavy (non-hydrogen) atoms.